The summed E-state index contributed by atoms with van der Waals surface area (Å²) in [6.07, 6.45) is 2.66. The van der Waals surface area contributed by atoms with Crippen molar-refractivity contribution in [1.29, 1.82) is 0 Å². The van der Waals surface area contributed by atoms with E-state index < -0.39 is 0 Å². The molecule has 0 radical (unpaired) electrons. The number of thioether (sulfide) groups is 1. The average Bonchev–Trinajstić information content (AvgIpc) is 3.23. The van der Waals surface area contributed by atoms with Crippen molar-refractivity contribution in [2.45, 2.75) is 23.0 Å². The molecule has 1 aromatic heterocycles. The highest BCUT2D eigenvalue weighted by atomic mass is 32.2. The van der Waals surface area contributed by atoms with Crippen LogP contribution in [-0.4, -0.2) is 24.9 Å². The van der Waals surface area contributed by atoms with Gasteiger partial charge in [0.25, 0.3) is 0 Å². The topological polar surface area (TPSA) is 62.6 Å². The molecule has 2 amide bonds. The molecule has 2 aromatic carbocycles. The van der Waals surface area contributed by atoms with E-state index in [2.05, 4.69) is 5.32 Å². The van der Waals surface area contributed by atoms with E-state index in [0.29, 0.717) is 6.54 Å². The molecule has 1 N–H and O–H groups in total. The molecule has 0 saturated carbocycles. The first kappa shape index (κ1) is 19.3. The first-order valence-electron chi connectivity index (χ1n) is 9.61. The predicted octanol–water partition coefficient (Wildman–Crippen LogP) is 4.21. The summed E-state index contributed by atoms with van der Waals surface area (Å²) in [7, 11) is 0. The number of anilines is 1. The first-order chi connectivity index (χ1) is 14.2. The lowest BCUT2D eigenvalue weighted by atomic mass is 10.1. The number of fused-ring (bicyclic) bond motifs is 1. The smallest absolute Gasteiger partial charge is 0.240 e. The Morgan fingerprint density at radius 3 is 2.66 bits per heavy atom. The molecule has 5 nitrogen and oxygen atoms in total. The van der Waals surface area contributed by atoms with Crippen LogP contribution in [0.25, 0.3) is 0 Å². The summed E-state index contributed by atoms with van der Waals surface area (Å²) in [6.45, 7) is 0.548. The van der Waals surface area contributed by atoms with Crippen LogP contribution in [0.5, 0.6) is 0 Å². The Labute approximate surface area is 174 Å². The number of furan rings is 1. The van der Waals surface area contributed by atoms with Crippen molar-refractivity contribution in [2.75, 3.05) is 18.0 Å². The highest BCUT2D eigenvalue weighted by molar-refractivity contribution is 7.99. The molecule has 29 heavy (non-hydrogen) atoms. The highest BCUT2D eigenvalue weighted by Gasteiger charge is 2.31. The molecule has 6 heteroatoms. The van der Waals surface area contributed by atoms with Crippen molar-refractivity contribution in [2.24, 2.45) is 0 Å². The molecule has 0 spiro atoms. The van der Waals surface area contributed by atoms with Gasteiger partial charge in [-0.1, -0.05) is 42.5 Å². The minimum Gasteiger partial charge on any atom is -0.468 e. The quantitative estimate of drug-likeness (QED) is 0.666. The SMILES string of the molecule is O=C(CN1C(=O)C[C@@H](c2ccco2)Sc2ccccc21)NCCc1ccccc1. The van der Waals surface area contributed by atoms with E-state index in [4.69, 9.17) is 4.42 Å². The third-order valence-electron chi connectivity index (χ3n) is 4.83. The van der Waals surface area contributed by atoms with Gasteiger partial charge in [-0.15, -0.1) is 11.8 Å². The average molecular weight is 407 g/mol. The van der Waals surface area contributed by atoms with Crippen molar-refractivity contribution in [3.8, 4) is 0 Å². The second-order valence-electron chi connectivity index (χ2n) is 6.86. The molecule has 148 valence electrons. The number of hydrogen-bond acceptors (Lipinski definition) is 4. The van der Waals surface area contributed by atoms with Crippen molar-refractivity contribution < 1.29 is 14.0 Å². The van der Waals surface area contributed by atoms with Gasteiger partial charge in [-0.3, -0.25) is 9.59 Å². The number of amides is 2. The van der Waals surface area contributed by atoms with Crippen LogP contribution in [-0.2, 0) is 16.0 Å². The van der Waals surface area contributed by atoms with E-state index in [0.717, 1.165) is 22.8 Å². The van der Waals surface area contributed by atoms with Crippen LogP contribution < -0.4 is 10.2 Å². The summed E-state index contributed by atoms with van der Waals surface area (Å²) in [5, 5.41) is 2.82. The zero-order chi connectivity index (χ0) is 20.1. The fourth-order valence-electron chi connectivity index (χ4n) is 3.37. The standard InChI is InChI=1S/C23H22N2O3S/c26-22(24-13-12-17-7-2-1-3-8-17)16-25-18-9-4-5-11-20(18)29-21(15-23(25)27)19-10-6-14-28-19/h1-11,14,21H,12-13,15-16H2,(H,24,26)/t21-/m0/s1. The Hall–Kier alpha value is -2.99. The van der Waals surface area contributed by atoms with Crippen LogP contribution in [0.1, 0.15) is 23.0 Å². The van der Waals surface area contributed by atoms with Gasteiger partial charge in [0.05, 0.1) is 17.2 Å². The molecule has 0 aliphatic carbocycles. The molecular weight excluding hydrogens is 384 g/mol. The molecule has 2 heterocycles. The minimum atomic E-state index is -0.162. The zero-order valence-corrected chi connectivity index (χ0v) is 16.7. The first-order valence-corrected chi connectivity index (χ1v) is 10.5. The van der Waals surface area contributed by atoms with Crippen molar-refractivity contribution in [3.63, 3.8) is 0 Å². The molecular formula is C23H22N2O3S. The predicted molar refractivity (Wildman–Crippen MR) is 114 cm³/mol. The number of nitrogens with one attached hydrogen (secondary N) is 1. The molecule has 3 aromatic rings. The fraction of sp³-hybridized carbons (Fsp3) is 0.217. The van der Waals surface area contributed by atoms with Gasteiger partial charge in [-0.05, 0) is 36.2 Å². The third-order valence-corrected chi connectivity index (χ3v) is 6.11. The van der Waals surface area contributed by atoms with Gasteiger partial charge in [0.15, 0.2) is 0 Å². The maximum atomic E-state index is 13.0. The van der Waals surface area contributed by atoms with Gasteiger partial charge < -0.3 is 14.6 Å². The number of benzene rings is 2. The molecule has 0 fully saturated rings. The minimum absolute atomic E-state index is 0.00999. The Kier molecular flexibility index (Phi) is 6.00. The van der Waals surface area contributed by atoms with Crippen LogP contribution in [0.2, 0.25) is 0 Å². The molecule has 0 unspecified atom stereocenters. The molecule has 0 saturated heterocycles. The van der Waals surface area contributed by atoms with Crippen molar-refractivity contribution in [1.82, 2.24) is 5.32 Å². The maximum absolute atomic E-state index is 13.0. The summed E-state index contributed by atoms with van der Waals surface area (Å²) in [6, 6.07) is 21.4. The third kappa shape index (κ3) is 4.71. The number of nitrogens with zero attached hydrogens (tertiary/aromatic N) is 1. The number of rotatable bonds is 6. The normalized spacial score (nSPS) is 16.2. The summed E-state index contributed by atoms with van der Waals surface area (Å²) in [5.41, 5.74) is 1.94. The molecule has 1 atom stereocenters. The van der Waals surface area contributed by atoms with Crippen molar-refractivity contribution in [3.05, 3.63) is 84.3 Å². The second-order valence-corrected chi connectivity index (χ2v) is 8.10. The van der Waals surface area contributed by atoms with E-state index >= 15 is 0 Å². The fourth-order valence-corrected chi connectivity index (χ4v) is 4.61. The van der Waals surface area contributed by atoms with E-state index in [1.54, 1.807) is 22.9 Å². The van der Waals surface area contributed by atoms with Gasteiger partial charge in [0, 0.05) is 17.9 Å². The highest BCUT2D eigenvalue weighted by Crippen LogP contribution is 2.45. The summed E-state index contributed by atoms with van der Waals surface area (Å²) in [5.74, 6) is 0.528. The Morgan fingerprint density at radius 1 is 1.07 bits per heavy atom. The van der Waals surface area contributed by atoms with Crippen LogP contribution in [0.15, 0.2) is 82.3 Å². The van der Waals surface area contributed by atoms with Crippen LogP contribution in [0, 0.1) is 0 Å². The monoisotopic (exact) mass is 406 g/mol. The zero-order valence-electron chi connectivity index (χ0n) is 15.9. The lowest BCUT2D eigenvalue weighted by molar-refractivity contribution is -0.123. The Morgan fingerprint density at radius 2 is 1.86 bits per heavy atom. The largest absolute Gasteiger partial charge is 0.468 e. The summed E-state index contributed by atoms with van der Waals surface area (Å²) < 4.78 is 5.53. The lowest BCUT2D eigenvalue weighted by Crippen LogP contribution is -2.41. The van der Waals surface area contributed by atoms with Gasteiger partial charge >= 0.3 is 0 Å². The molecule has 0 bridgehead atoms. The van der Waals surface area contributed by atoms with Gasteiger partial charge in [-0.25, -0.2) is 0 Å². The summed E-state index contributed by atoms with van der Waals surface area (Å²) in [4.78, 5) is 28.1. The number of carbonyl (C=O) groups is 2. The van der Waals surface area contributed by atoms with Crippen LogP contribution in [0.4, 0.5) is 5.69 Å². The lowest BCUT2D eigenvalue weighted by Gasteiger charge is -2.22. The van der Waals surface area contributed by atoms with E-state index in [9.17, 15) is 9.59 Å². The van der Waals surface area contributed by atoms with Crippen LogP contribution in [0.3, 0.4) is 0 Å². The molecule has 1 aliphatic rings. The Bertz CT molecular complexity index is 973. The van der Waals surface area contributed by atoms with E-state index in [1.807, 2.05) is 66.7 Å². The molecule has 4 rings (SSSR count). The number of carbonyl (C=O) groups excluding carboxylic acids is 2. The number of hydrogen-bond donors (Lipinski definition) is 1. The van der Waals surface area contributed by atoms with Crippen molar-refractivity contribution >= 4 is 29.3 Å². The second kappa shape index (κ2) is 9.01. The molecule has 1 aliphatic heterocycles. The van der Waals surface area contributed by atoms with Gasteiger partial charge in [0.1, 0.15) is 12.3 Å². The van der Waals surface area contributed by atoms with E-state index in [1.165, 1.54) is 5.56 Å². The van der Waals surface area contributed by atoms with E-state index in [-0.39, 0.29) is 30.0 Å². The summed E-state index contributed by atoms with van der Waals surface area (Å²) >= 11 is 1.60. The van der Waals surface area contributed by atoms with Gasteiger partial charge in [0.2, 0.25) is 11.8 Å². The van der Waals surface area contributed by atoms with Gasteiger partial charge in [-0.2, -0.15) is 0 Å². The Balaban J connectivity index is 1.45. The van der Waals surface area contributed by atoms with Crippen LogP contribution >= 0.6 is 11.8 Å². The maximum Gasteiger partial charge on any atom is 0.240 e. The number of para-hydroxylation sites is 1.